The first-order chi connectivity index (χ1) is 10.5. The summed E-state index contributed by atoms with van der Waals surface area (Å²) in [5.41, 5.74) is 6.33. The Bertz CT molecular complexity index is 730. The highest BCUT2D eigenvalue weighted by molar-refractivity contribution is 7.19. The number of thiophene rings is 1. The molecule has 0 aromatic carbocycles. The van der Waals surface area contributed by atoms with Crippen molar-refractivity contribution in [3.8, 4) is 16.5 Å². The van der Waals surface area contributed by atoms with Gasteiger partial charge >= 0.3 is 5.00 Å². The van der Waals surface area contributed by atoms with Gasteiger partial charge in [0, 0.05) is 16.6 Å². The molecule has 0 aliphatic carbocycles. The number of pyridine rings is 1. The number of hydrogen-bond acceptors (Lipinski definition) is 6. The van der Waals surface area contributed by atoms with E-state index in [4.69, 9.17) is 11.0 Å². The molecule has 2 aromatic rings. The third kappa shape index (κ3) is 2.94. The van der Waals surface area contributed by atoms with Gasteiger partial charge in [-0.2, -0.15) is 5.26 Å². The number of carbonyl (C=O) groups is 1. The monoisotopic (exact) mass is 316 g/mol. The van der Waals surface area contributed by atoms with Crippen molar-refractivity contribution in [3.05, 3.63) is 45.8 Å². The van der Waals surface area contributed by atoms with Crippen LogP contribution < -0.4 is 5.73 Å². The fourth-order valence-corrected chi connectivity index (χ4v) is 2.93. The number of nitrogens with zero attached hydrogens (tertiary/aromatic N) is 3. The van der Waals surface area contributed by atoms with E-state index in [-0.39, 0.29) is 16.5 Å². The van der Waals surface area contributed by atoms with Crippen LogP contribution in [0.4, 0.5) is 5.00 Å². The lowest BCUT2D eigenvalue weighted by atomic mass is 10.0. The second-order valence-electron chi connectivity index (χ2n) is 4.51. The van der Waals surface area contributed by atoms with E-state index in [1.165, 1.54) is 12.3 Å². The Hall–Kier alpha value is -2.79. The molecule has 2 rings (SSSR count). The van der Waals surface area contributed by atoms with Gasteiger partial charge in [-0.05, 0) is 18.6 Å². The number of aromatic nitrogens is 1. The van der Waals surface area contributed by atoms with E-state index in [9.17, 15) is 14.9 Å². The number of nitrogens with two attached hydrogens (primary N) is 1. The summed E-state index contributed by atoms with van der Waals surface area (Å²) < 4.78 is 0. The summed E-state index contributed by atoms with van der Waals surface area (Å²) in [5, 5.41) is 19.7. The average Bonchev–Trinajstić information content (AvgIpc) is 2.95. The molecule has 0 radical (unpaired) electrons. The molecule has 2 aromatic heterocycles. The largest absolute Gasteiger partial charge is 0.365 e. The molecule has 0 bridgehead atoms. The van der Waals surface area contributed by atoms with Crippen LogP contribution in [0.5, 0.6) is 0 Å². The molecule has 2 heterocycles. The zero-order valence-electron chi connectivity index (χ0n) is 11.6. The molecule has 7 nitrogen and oxygen atoms in total. The van der Waals surface area contributed by atoms with Gasteiger partial charge < -0.3 is 5.73 Å². The maximum atomic E-state index is 11.3. The second-order valence-corrected chi connectivity index (χ2v) is 5.54. The Morgan fingerprint density at radius 2 is 2.32 bits per heavy atom. The molecule has 2 N–H and O–H groups in total. The lowest BCUT2D eigenvalue weighted by Gasteiger charge is -2.05. The molecule has 1 amide bonds. The van der Waals surface area contributed by atoms with Gasteiger partial charge in [0.2, 0.25) is 0 Å². The highest BCUT2D eigenvalue weighted by Gasteiger charge is 2.23. The smallest absolute Gasteiger partial charge is 0.337 e. The van der Waals surface area contributed by atoms with Crippen molar-refractivity contribution in [2.45, 2.75) is 19.3 Å². The molecule has 0 saturated heterocycles. The zero-order chi connectivity index (χ0) is 16.3. The van der Waals surface area contributed by atoms with Gasteiger partial charge in [-0.15, -0.1) is 0 Å². The summed E-state index contributed by atoms with van der Waals surface area (Å²) in [4.78, 5) is 26.3. The van der Waals surface area contributed by atoms with Crippen LogP contribution in [0.1, 0.15) is 35.3 Å². The van der Waals surface area contributed by atoms with E-state index in [1.807, 2.05) is 6.92 Å². The Kier molecular flexibility index (Phi) is 4.48. The third-order valence-electron chi connectivity index (χ3n) is 3.14. The van der Waals surface area contributed by atoms with Crippen LogP contribution in [0.15, 0.2) is 24.4 Å². The first kappa shape index (κ1) is 15.6. The number of carbonyl (C=O) groups excluding carboxylic acids is 1. The quantitative estimate of drug-likeness (QED) is 0.671. The maximum Gasteiger partial charge on any atom is 0.337 e. The van der Waals surface area contributed by atoms with Crippen LogP contribution in [0, 0.1) is 21.4 Å². The highest BCUT2D eigenvalue weighted by Crippen LogP contribution is 2.36. The molecule has 8 heteroatoms. The molecule has 0 spiro atoms. The molecular weight excluding hydrogens is 304 g/mol. The molecule has 0 aliphatic heterocycles. The first-order valence-corrected chi connectivity index (χ1v) is 7.23. The maximum absolute atomic E-state index is 11.3. The standard InChI is InChI=1S/C14H12N4O3S/c1-2-8(6-15)11-4-3-9(7-17-11)12-5-10(13(16)19)14(22-12)18(20)21/h3-5,7-8H,2H2,1H3,(H2,16,19). The van der Waals surface area contributed by atoms with Crippen molar-refractivity contribution >= 4 is 22.2 Å². The number of primary amides is 1. The van der Waals surface area contributed by atoms with Crippen LogP contribution in [0.25, 0.3) is 10.4 Å². The summed E-state index contributed by atoms with van der Waals surface area (Å²) in [7, 11) is 0. The molecule has 22 heavy (non-hydrogen) atoms. The van der Waals surface area contributed by atoms with Gasteiger partial charge in [-0.3, -0.25) is 19.9 Å². The predicted molar refractivity (Wildman–Crippen MR) is 81.4 cm³/mol. The Morgan fingerprint density at radius 1 is 1.59 bits per heavy atom. The Labute approximate surface area is 130 Å². The summed E-state index contributed by atoms with van der Waals surface area (Å²) in [5.74, 6) is -1.12. The molecule has 0 saturated carbocycles. The van der Waals surface area contributed by atoms with Crippen molar-refractivity contribution in [2.75, 3.05) is 0 Å². The number of nitro groups is 1. The summed E-state index contributed by atoms with van der Waals surface area (Å²) >= 11 is 0.870. The van der Waals surface area contributed by atoms with Gasteiger partial charge in [-0.1, -0.05) is 24.3 Å². The summed E-state index contributed by atoms with van der Waals surface area (Å²) in [6, 6.07) is 6.99. The highest BCUT2D eigenvalue weighted by atomic mass is 32.1. The second kappa shape index (κ2) is 6.32. The van der Waals surface area contributed by atoms with Crippen LogP contribution in [0.2, 0.25) is 0 Å². The molecule has 0 fully saturated rings. The van der Waals surface area contributed by atoms with Gasteiger partial charge in [-0.25, -0.2) is 0 Å². The molecule has 1 unspecified atom stereocenters. The van der Waals surface area contributed by atoms with Crippen LogP contribution in [-0.4, -0.2) is 15.8 Å². The van der Waals surface area contributed by atoms with Crippen molar-refractivity contribution in [1.29, 1.82) is 5.26 Å². The SMILES string of the molecule is CCC(C#N)c1ccc(-c2cc(C(N)=O)c([N+](=O)[O-])s2)cn1. The van der Waals surface area contributed by atoms with Crippen LogP contribution in [-0.2, 0) is 0 Å². The predicted octanol–water partition coefficient (Wildman–Crippen LogP) is 2.83. The van der Waals surface area contributed by atoms with Crippen molar-refractivity contribution in [3.63, 3.8) is 0 Å². The molecule has 112 valence electrons. The fraction of sp³-hybridized carbons (Fsp3) is 0.214. The van der Waals surface area contributed by atoms with Gasteiger partial charge in [0.05, 0.1) is 22.6 Å². The van der Waals surface area contributed by atoms with E-state index in [2.05, 4.69) is 11.1 Å². The summed E-state index contributed by atoms with van der Waals surface area (Å²) in [6.45, 7) is 1.89. The van der Waals surface area contributed by atoms with Gasteiger partial charge in [0.1, 0.15) is 5.56 Å². The van der Waals surface area contributed by atoms with Crippen LogP contribution in [0.3, 0.4) is 0 Å². The zero-order valence-corrected chi connectivity index (χ0v) is 12.5. The Morgan fingerprint density at radius 3 is 2.73 bits per heavy atom. The number of amides is 1. The topological polar surface area (TPSA) is 123 Å². The van der Waals surface area contributed by atoms with E-state index < -0.39 is 10.8 Å². The average molecular weight is 316 g/mol. The minimum Gasteiger partial charge on any atom is -0.365 e. The van der Waals surface area contributed by atoms with Crippen molar-refractivity contribution < 1.29 is 9.72 Å². The fourth-order valence-electron chi connectivity index (χ4n) is 1.96. The lowest BCUT2D eigenvalue weighted by molar-refractivity contribution is -0.380. The normalized spacial score (nSPS) is 11.6. The molecular formula is C14H12N4O3S. The Balaban J connectivity index is 2.41. The number of hydrogen-bond donors (Lipinski definition) is 1. The minimum absolute atomic E-state index is 0.113. The van der Waals surface area contributed by atoms with E-state index in [0.29, 0.717) is 22.6 Å². The van der Waals surface area contributed by atoms with Gasteiger partial charge in [0.15, 0.2) is 0 Å². The summed E-state index contributed by atoms with van der Waals surface area (Å²) in [6.07, 6.45) is 2.19. The molecule has 0 aliphatic rings. The van der Waals surface area contributed by atoms with E-state index in [0.717, 1.165) is 11.3 Å². The minimum atomic E-state index is -0.839. The lowest BCUT2D eigenvalue weighted by Crippen LogP contribution is -2.11. The van der Waals surface area contributed by atoms with Gasteiger partial charge in [0.25, 0.3) is 5.91 Å². The van der Waals surface area contributed by atoms with E-state index >= 15 is 0 Å². The first-order valence-electron chi connectivity index (χ1n) is 6.41. The number of rotatable bonds is 5. The third-order valence-corrected chi connectivity index (χ3v) is 4.27. The molecule has 1 atom stereocenters. The van der Waals surface area contributed by atoms with Crippen molar-refractivity contribution in [2.24, 2.45) is 5.73 Å². The van der Waals surface area contributed by atoms with Crippen molar-refractivity contribution in [1.82, 2.24) is 4.98 Å². The number of nitriles is 1. The van der Waals surface area contributed by atoms with E-state index in [1.54, 1.807) is 12.1 Å². The van der Waals surface area contributed by atoms with Crippen LogP contribution >= 0.6 is 11.3 Å².